The minimum Gasteiger partial charge on any atom is -0.450 e. The van der Waals surface area contributed by atoms with E-state index in [4.69, 9.17) is 4.74 Å². The summed E-state index contributed by atoms with van der Waals surface area (Å²) in [7, 11) is -3.23. The molecule has 1 N–H and O–H groups in total. The normalized spacial score (nSPS) is 25.5. The molecule has 2 heterocycles. The number of carbonyl (C=O) groups excluding carboxylic acids is 1. The van der Waals surface area contributed by atoms with Crippen molar-refractivity contribution in [2.75, 3.05) is 45.9 Å². The fraction of sp³-hybridized carbons (Fsp3) is 0.909. The van der Waals surface area contributed by atoms with E-state index in [1.54, 1.807) is 11.8 Å². The first-order valence-electron chi connectivity index (χ1n) is 6.67. The fourth-order valence-corrected chi connectivity index (χ4v) is 4.27. The zero-order valence-corrected chi connectivity index (χ0v) is 12.0. The maximum Gasteiger partial charge on any atom is 0.409 e. The lowest BCUT2D eigenvalue weighted by Crippen LogP contribution is -2.52. The van der Waals surface area contributed by atoms with Crippen molar-refractivity contribution < 1.29 is 17.9 Å². The number of nitrogens with zero attached hydrogens (tertiary/aromatic N) is 2. The van der Waals surface area contributed by atoms with E-state index in [1.165, 1.54) is 4.31 Å². The largest absolute Gasteiger partial charge is 0.450 e. The fourth-order valence-electron chi connectivity index (χ4n) is 2.43. The lowest BCUT2D eigenvalue weighted by Gasteiger charge is -2.34. The van der Waals surface area contributed by atoms with Crippen molar-refractivity contribution >= 4 is 16.1 Å². The van der Waals surface area contributed by atoms with Gasteiger partial charge in [-0.2, -0.15) is 4.31 Å². The van der Waals surface area contributed by atoms with E-state index < -0.39 is 10.0 Å². The molecule has 2 saturated heterocycles. The highest BCUT2D eigenvalue weighted by atomic mass is 32.2. The Morgan fingerprint density at radius 3 is 2.53 bits per heavy atom. The van der Waals surface area contributed by atoms with Crippen molar-refractivity contribution in [1.29, 1.82) is 0 Å². The molecule has 0 aromatic rings. The van der Waals surface area contributed by atoms with Crippen LogP contribution in [-0.2, 0) is 14.8 Å². The molecule has 110 valence electrons. The van der Waals surface area contributed by atoms with Crippen molar-refractivity contribution in [2.45, 2.75) is 18.6 Å². The van der Waals surface area contributed by atoms with Crippen molar-refractivity contribution in [3.63, 3.8) is 0 Å². The number of amides is 1. The van der Waals surface area contributed by atoms with Crippen LogP contribution in [-0.4, -0.2) is 74.8 Å². The van der Waals surface area contributed by atoms with Crippen LogP contribution in [0.15, 0.2) is 0 Å². The number of nitrogens with one attached hydrogen (secondary N) is 1. The van der Waals surface area contributed by atoms with Gasteiger partial charge in [0.15, 0.2) is 0 Å². The molecular weight excluding hydrogens is 270 g/mol. The zero-order chi connectivity index (χ0) is 13.9. The molecule has 0 saturated carbocycles. The smallest absolute Gasteiger partial charge is 0.409 e. The van der Waals surface area contributed by atoms with Gasteiger partial charge in [0.25, 0.3) is 0 Å². The highest BCUT2D eigenvalue weighted by Gasteiger charge is 2.36. The molecule has 0 spiro atoms. The predicted molar refractivity (Wildman–Crippen MR) is 70.4 cm³/mol. The van der Waals surface area contributed by atoms with Gasteiger partial charge in [-0.3, -0.25) is 0 Å². The summed E-state index contributed by atoms with van der Waals surface area (Å²) in [5, 5.41) is 2.75. The Bertz CT molecular complexity index is 412. The lowest BCUT2D eigenvalue weighted by atomic mass is 10.4. The average molecular weight is 291 g/mol. The van der Waals surface area contributed by atoms with Gasteiger partial charge in [-0.1, -0.05) is 0 Å². The van der Waals surface area contributed by atoms with E-state index in [-0.39, 0.29) is 11.3 Å². The summed E-state index contributed by atoms with van der Waals surface area (Å²) in [6.45, 7) is 4.90. The Morgan fingerprint density at radius 1 is 1.32 bits per heavy atom. The quantitative estimate of drug-likeness (QED) is 0.755. The molecule has 2 rings (SSSR count). The van der Waals surface area contributed by atoms with Crippen LogP contribution >= 0.6 is 0 Å². The number of sulfonamides is 1. The molecule has 8 heteroatoms. The third-order valence-electron chi connectivity index (χ3n) is 3.56. The summed E-state index contributed by atoms with van der Waals surface area (Å²) in [5.74, 6) is 0. The van der Waals surface area contributed by atoms with Crippen LogP contribution < -0.4 is 5.32 Å². The molecule has 0 aromatic heterocycles. The zero-order valence-electron chi connectivity index (χ0n) is 11.2. The van der Waals surface area contributed by atoms with Gasteiger partial charge in [0.05, 0.1) is 11.9 Å². The second-order valence-corrected chi connectivity index (χ2v) is 6.96. The third kappa shape index (κ3) is 3.18. The number of piperazine rings is 1. The topological polar surface area (TPSA) is 79.0 Å². The van der Waals surface area contributed by atoms with Crippen LogP contribution in [0, 0.1) is 0 Å². The van der Waals surface area contributed by atoms with Gasteiger partial charge in [0, 0.05) is 32.7 Å². The van der Waals surface area contributed by atoms with Crippen LogP contribution in [0.1, 0.15) is 13.3 Å². The van der Waals surface area contributed by atoms with Gasteiger partial charge >= 0.3 is 6.09 Å². The van der Waals surface area contributed by atoms with Gasteiger partial charge in [0.1, 0.15) is 0 Å². The third-order valence-corrected chi connectivity index (χ3v) is 5.89. The molecule has 2 fully saturated rings. The van der Waals surface area contributed by atoms with Crippen LogP contribution in [0.3, 0.4) is 0 Å². The Morgan fingerprint density at radius 2 is 2.00 bits per heavy atom. The molecule has 1 unspecified atom stereocenters. The Labute approximate surface area is 113 Å². The summed E-state index contributed by atoms with van der Waals surface area (Å²) >= 11 is 0. The van der Waals surface area contributed by atoms with Crippen molar-refractivity contribution in [3.8, 4) is 0 Å². The van der Waals surface area contributed by atoms with Crippen molar-refractivity contribution in [1.82, 2.24) is 14.5 Å². The molecule has 0 bridgehead atoms. The van der Waals surface area contributed by atoms with Gasteiger partial charge in [0.2, 0.25) is 10.0 Å². The summed E-state index contributed by atoms with van der Waals surface area (Å²) in [6, 6.07) is 0. The van der Waals surface area contributed by atoms with Gasteiger partial charge in [-0.25, -0.2) is 13.2 Å². The van der Waals surface area contributed by atoms with Gasteiger partial charge < -0.3 is 15.0 Å². The number of rotatable bonds is 3. The SMILES string of the molecule is CCOC(=O)N1CCN(S(=O)(=O)C2CCNC2)CC1. The second kappa shape index (κ2) is 6.06. The first-order chi connectivity index (χ1) is 9.05. The predicted octanol–water partition coefficient (Wildman–Crippen LogP) is -0.548. The first kappa shape index (κ1) is 14.5. The Balaban J connectivity index is 1.90. The van der Waals surface area contributed by atoms with E-state index in [9.17, 15) is 13.2 Å². The highest BCUT2D eigenvalue weighted by Crippen LogP contribution is 2.17. The van der Waals surface area contributed by atoms with E-state index in [1.807, 2.05) is 0 Å². The highest BCUT2D eigenvalue weighted by molar-refractivity contribution is 7.89. The molecular formula is C11H21N3O4S. The maximum atomic E-state index is 12.3. The first-order valence-corrected chi connectivity index (χ1v) is 8.17. The number of ether oxygens (including phenoxy) is 1. The van der Waals surface area contributed by atoms with Crippen LogP contribution in [0.25, 0.3) is 0 Å². The molecule has 2 aliphatic heterocycles. The molecule has 2 aliphatic rings. The molecule has 7 nitrogen and oxygen atoms in total. The van der Waals surface area contributed by atoms with E-state index in [0.717, 1.165) is 6.54 Å². The van der Waals surface area contributed by atoms with Crippen molar-refractivity contribution in [3.05, 3.63) is 0 Å². The monoisotopic (exact) mass is 291 g/mol. The molecule has 0 aliphatic carbocycles. The minimum absolute atomic E-state index is 0.318. The molecule has 0 aromatic carbocycles. The standard InChI is InChI=1S/C11H21N3O4S/c1-2-18-11(15)13-5-7-14(8-6-13)19(16,17)10-3-4-12-9-10/h10,12H,2-9H2,1H3. The molecule has 0 radical (unpaired) electrons. The van der Waals surface area contributed by atoms with E-state index in [2.05, 4.69) is 5.32 Å². The molecule has 19 heavy (non-hydrogen) atoms. The van der Waals surface area contributed by atoms with Gasteiger partial charge in [-0.05, 0) is 19.9 Å². The van der Waals surface area contributed by atoms with Gasteiger partial charge in [-0.15, -0.1) is 0 Å². The number of hydrogen-bond acceptors (Lipinski definition) is 5. The second-order valence-electron chi connectivity index (χ2n) is 4.74. The average Bonchev–Trinajstić information content (AvgIpc) is 2.94. The lowest BCUT2D eigenvalue weighted by molar-refractivity contribution is 0.0933. The Hall–Kier alpha value is -0.860. The van der Waals surface area contributed by atoms with Crippen LogP contribution in [0.5, 0.6) is 0 Å². The van der Waals surface area contributed by atoms with E-state index in [0.29, 0.717) is 45.8 Å². The van der Waals surface area contributed by atoms with Crippen LogP contribution in [0.4, 0.5) is 4.79 Å². The summed E-state index contributed by atoms with van der Waals surface area (Å²) in [4.78, 5) is 13.1. The van der Waals surface area contributed by atoms with Crippen LogP contribution in [0.2, 0.25) is 0 Å². The summed E-state index contributed by atoms with van der Waals surface area (Å²) < 4.78 is 31.1. The number of carbonyl (C=O) groups is 1. The Kier molecular flexibility index (Phi) is 4.64. The molecule has 1 atom stereocenters. The van der Waals surface area contributed by atoms with Crippen molar-refractivity contribution in [2.24, 2.45) is 0 Å². The van der Waals surface area contributed by atoms with E-state index >= 15 is 0 Å². The minimum atomic E-state index is -3.23. The maximum absolute atomic E-state index is 12.3. The number of hydrogen-bond donors (Lipinski definition) is 1. The summed E-state index contributed by atoms with van der Waals surface area (Å²) in [5.41, 5.74) is 0. The summed E-state index contributed by atoms with van der Waals surface area (Å²) in [6.07, 6.45) is 0.308. The molecule has 1 amide bonds.